The topological polar surface area (TPSA) is 51.8 Å². The summed E-state index contributed by atoms with van der Waals surface area (Å²) in [5.41, 5.74) is 9.02. The van der Waals surface area contributed by atoms with E-state index in [9.17, 15) is 0 Å². The minimum Gasteiger partial charge on any atom is -0.326 e. The second-order valence-corrected chi connectivity index (χ2v) is 5.63. The van der Waals surface area contributed by atoms with Gasteiger partial charge in [0.2, 0.25) is 0 Å². The molecule has 3 aromatic rings. The molecule has 4 heteroatoms. The van der Waals surface area contributed by atoms with Gasteiger partial charge < -0.3 is 5.73 Å². The Kier molecular flexibility index (Phi) is 3.67. The third-order valence-corrected chi connectivity index (χ3v) is 4.38. The number of benzene rings is 2. The van der Waals surface area contributed by atoms with E-state index in [1.165, 1.54) is 10.5 Å². The highest BCUT2D eigenvalue weighted by molar-refractivity contribution is 7.99. The molecule has 0 saturated heterocycles. The molecule has 2 aromatic carbocycles. The fourth-order valence-corrected chi connectivity index (χ4v) is 3.07. The quantitative estimate of drug-likeness (QED) is 0.746. The van der Waals surface area contributed by atoms with Crippen LogP contribution < -0.4 is 5.73 Å². The first kappa shape index (κ1) is 13.1. The second-order valence-electron chi connectivity index (χ2n) is 4.60. The van der Waals surface area contributed by atoms with Gasteiger partial charge in [-0.1, -0.05) is 42.1 Å². The lowest BCUT2D eigenvalue weighted by Crippen LogP contribution is -1.96. The van der Waals surface area contributed by atoms with Crippen molar-refractivity contribution in [2.24, 2.45) is 5.73 Å². The molecule has 0 amide bonds. The SMILES string of the molecule is Cc1cc(CN)ccc1Sc1ncnc2ccccc12. The number of hydrogen-bond donors (Lipinski definition) is 1. The molecule has 0 aliphatic rings. The fourth-order valence-electron chi connectivity index (χ4n) is 2.12. The van der Waals surface area contributed by atoms with E-state index >= 15 is 0 Å². The van der Waals surface area contributed by atoms with Crippen LogP contribution in [0.3, 0.4) is 0 Å². The second kappa shape index (κ2) is 5.61. The van der Waals surface area contributed by atoms with E-state index in [0.29, 0.717) is 6.54 Å². The molecular formula is C16H15N3S. The monoisotopic (exact) mass is 281 g/mol. The van der Waals surface area contributed by atoms with E-state index in [0.717, 1.165) is 21.5 Å². The first-order chi connectivity index (χ1) is 9.78. The molecule has 3 rings (SSSR count). The molecule has 3 nitrogen and oxygen atoms in total. The number of hydrogen-bond acceptors (Lipinski definition) is 4. The van der Waals surface area contributed by atoms with E-state index in [-0.39, 0.29) is 0 Å². The Hall–Kier alpha value is -1.91. The lowest BCUT2D eigenvalue weighted by Gasteiger charge is -2.08. The number of para-hydroxylation sites is 1. The summed E-state index contributed by atoms with van der Waals surface area (Å²) >= 11 is 1.67. The van der Waals surface area contributed by atoms with Crippen LogP contribution in [0.15, 0.2) is 58.7 Å². The predicted octanol–water partition coefficient (Wildman–Crippen LogP) is 3.55. The first-order valence-electron chi connectivity index (χ1n) is 6.45. The Morgan fingerprint density at radius 3 is 2.75 bits per heavy atom. The van der Waals surface area contributed by atoms with Gasteiger partial charge in [0.15, 0.2) is 0 Å². The van der Waals surface area contributed by atoms with Gasteiger partial charge >= 0.3 is 0 Å². The molecule has 0 unspecified atom stereocenters. The summed E-state index contributed by atoms with van der Waals surface area (Å²) in [6.07, 6.45) is 1.62. The summed E-state index contributed by atoms with van der Waals surface area (Å²) in [7, 11) is 0. The summed E-state index contributed by atoms with van der Waals surface area (Å²) in [6, 6.07) is 14.4. The van der Waals surface area contributed by atoms with E-state index in [2.05, 4.69) is 41.2 Å². The molecule has 0 aliphatic heterocycles. The van der Waals surface area contributed by atoms with Gasteiger partial charge in [-0.2, -0.15) is 0 Å². The van der Waals surface area contributed by atoms with Gasteiger partial charge in [0.05, 0.1) is 5.52 Å². The maximum Gasteiger partial charge on any atom is 0.117 e. The average Bonchev–Trinajstić information content (AvgIpc) is 2.49. The molecule has 100 valence electrons. The molecule has 2 N–H and O–H groups in total. The van der Waals surface area contributed by atoms with Crippen molar-refractivity contribution in [2.45, 2.75) is 23.4 Å². The Morgan fingerprint density at radius 2 is 1.95 bits per heavy atom. The molecular weight excluding hydrogens is 266 g/mol. The van der Waals surface area contributed by atoms with Crippen molar-refractivity contribution in [3.8, 4) is 0 Å². The van der Waals surface area contributed by atoms with Crippen molar-refractivity contribution >= 4 is 22.7 Å². The molecule has 1 heterocycles. The molecule has 0 atom stereocenters. The van der Waals surface area contributed by atoms with Gasteiger partial charge in [-0.05, 0) is 30.2 Å². The van der Waals surface area contributed by atoms with Gasteiger partial charge in [0.1, 0.15) is 11.4 Å². The number of nitrogens with two attached hydrogens (primary N) is 1. The maximum atomic E-state index is 5.67. The smallest absolute Gasteiger partial charge is 0.117 e. The lowest BCUT2D eigenvalue weighted by molar-refractivity contribution is 1.05. The van der Waals surface area contributed by atoms with Crippen LogP contribution >= 0.6 is 11.8 Å². The summed E-state index contributed by atoms with van der Waals surface area (Å²) in [5.74, 6) is 0. The van der Waals surface area contributed by atoms with Crippen molar-refractivity contribution in [1.82, 2.24) is 9.97 Å². The summed E-state index contributed by atoms with van der Waals surface area (Å²) in [6.45, 7) is 2.67. The number of aromatic nitrogens is 2. The lowest BCUT2D eigenvalue weighted by atomic mass is 10.1. The zero-order valence-electron chi connectivity index (χ0n) is 11.2. The molecule has 1 aromatic heterocycles. The molecule has 0 bridgehead atoms. The highest BCUT2D eigenvalue weighted by Crippen LogP contribution is 2.33. The Labute approximate surface area is 122 Å². The molecule has 0 fully saturated rings. The van der Waals surface area contributed by atoms with Crippen LogP contribution in [0, 0.1) is 6.92 Å². The minimum atomic E-state index is 0.572. The van der Waals surface area contributed by atoms with Crippen LogP contribution in [0.25, 0.3) is 10.9 Å². The Balaban J connectivity index is 2.01. The first-order valence-corrected chi connectivity index (χ1v) is 7.27. The molecule has 0 aliphatic carbocycles. The normalized spacial score (nSPS) is 10.9. The van der Waals surface area contributed by atoms with Crippen LogP contribution in [-0.4, -0.2) is 9.97 Å². The number of nitrogens with zero attached hydrogens (tertiary/aromatic N) is 2. The Morgan fingerprint density at radius 1 is 1.10 bits per heavy atom. The third kappa shape index (κ3) is 2.53. The maximum absolute atomic E-state index is 5.67. The largest absolute Gasteiger partial charge is 0.326 e. The standard InChI is InChI=1S/C16H15N3S/c1-11-8-12(9-17)6-7-15(11)20-16-13-4-2-3-5-14(13)18-10-19-16/h2-8,10H,9,17H2,1H3. The highest BCUT2D eigenvalue weighted by Gasteiger charge is 2.07. The van der Waals surface area contributed by atoms with Crippen LogP contribution in [0.4, 0.5) is 0 Å². The number of aryl methyl sites for hydroxylation is 1. The number of rotatable bonds is 3. The third-order valence-electron chi connectivity index (χ3n) is 3.19. The zero-order valence-corrected chi connectivity index (χ0v) is 12.0. The van der Waals surface area contributed by atoms with E-state index in [1.807, 2.05) is 18.2 Å². The van der Waals surface area contributed by atoms with Gasteiger partial charge in [0, 0.05) is 16.8 Å². The minimum absolute atomic E-state index is 0.572. The van der Waals surface area contributed by atoms with Gasteiger partial charge in [-0.25, -0.2) is 9.97 Å². The van der Waals surface area contributed by atoms with Crippen LogP contribution in [0.5, 0.6) is 0 Å². The van der Waals surface area contributed by atoms with E-state index < -0.39 is 0 Å². The zero-order chi connectivity index (χ0) is 13.9. The average molecular weight is 281 g/mol. The Bertz CT molecular complexity index is 750. The van der Waals surface area contributed by atoms with E-state index in [4.69, 9.17) is 5.73 Å². The van der Waals surface area contributed by atoms with E-state index in [1.54, 1.807) is 18.1 Å². The van der Waals surface area contributed by atoms with Gasteiger partial charge in [0.25, 0.3) is 0 Å². The predicted molar refractivity (Wildman–Crippen MR) is 82.7 cm³/mol. The summed E-state index contributed by atoms with van der Waals surface area (Å²) in [5, 5.41) is 2.07. The van der Waals surface area contributed by atoms with Crippen molar-refractivity contribution in [3.63, 3.8) is 0 Å². The van der Waals surface area contributed by atoms with Gasteiger partial charge in [-0.3, -0.25) is 0 Å². The molecule has 0 radical (unpaired) electrons. The van der Waals surface area contributed by atoms with Crippen molar-refractivity contribution in [1.29, 1.82) is 0 Å². The van der Waals surface area contributed by atoms with Crippen LogP contribution in [0.1, 0.15) is 11.1 Å². The van der Waals surface area contributed by atoms with Gasteiger partial charge in [-0.15, -0.1) is 0 Å². The fraction of sp³-hybridized carbons (Fsp3) is 0.125. The summed E-state index contributed by atoms with van der Waals surface area (Å²) < 4.78 is 0. The number of fused-ring (bicyclic) bond motifs is 1. The molecule has 20 heavy (non-hydrogen) atoms. The summed E-state index contributed by atoms with van der Waals surface area (Å²) in [4.78, 5) is 9.91. The van der Waals surface area contributed by atoms with Crippen molar-refractivity contribution in [3.05, 3.63) is 59.9 Å². The molecule has 0 spiro atoms. The molecule has 0 saturated carbocycles. The van der Waals surface area contributed by atoms with Crippen molar-refractivity contribution < 1.29 is 0 Å². The highest BCUT2D eigenvalue weighted by atomic mass is 32.2. The van der Waals surface area contributed by atoms with Crippen molar-refractivity contribution in [2.75, 3.05) is 0 Å². The van der Waals surface area contributed by atoms with Crippen LogP contribution in [-0.2, 0) is 6.54 Å². The van der Waals surface area contributed by atoms with Crippen LogP contribution in [0.2, 0.25) is 0 Å².